The average molecular weight is 361 g/mol. The number of amides is 1. The minimum absolute atomic E-state index is 0.0181. The fraction of sp³-hybridized carbons (Fsp3) is 0.188. The van der Waals surface area contributed by atoms with E-state index >= 15 is 0 Å². The molecule has 0 bridgehead atoms. The Hall–Kier alpha value is -2.12. The number of carbonyl (C=O) groups excluding carboxylic acids is 1. The Bertz CT molecular complexity index is 707. The third-order valence-corrected chi connectivity index (χ3v) is 3.37. The van der Waals surface area contributed by atoms with Crippen molar-refractivity contribution >= 4 is 23.2 Å². The van der Waals surface area contributed by atoms with Crippen LogP contribution in [0.5, 0.6) is 0 Å². The maximum Gasteiger partial charge on any atom is 0.407 e. The first kappa shape index (κ1) is 18.2. The summed E-state index contributed by atoms with van der Waals surface area (Å²) in [4.78, 5) is 11.8. The molecule has 0 fully saturated rings. The smallest absolute Gasteiger partial charge is 0.322 e. The third-order valence-electron chi connectivity index (χ3n) is 3.13. The third kappa shape index (κ3) is 4.94. The fourth-order valence-electron chi connectivity index (χ4n) is 2.05. The summed E-state index contributed by atoms with van der Waals surface area (Å²) in [6.45, 7) is -0.638. The maximum absolute atomic E-state index is 13.6. The first-order valence-corrected chi connectivity index (χ1v) is 7.25. The molecule has 0 radical (unpaired) electrons. The van der Waals surface area contributed by atoms with E-state index < -0.39 is 30.5 Å². The van der Waals surface area contributed by atoms with Crippen molar-refractivity contribution in [3.05, 3.63) is 64.9 Å². The van der Waals surface area contributed by atoms with Gasteiger partial charge in [-0.25, -0.2) is 4.39 Å². The summed E-state index contributed by atoms with van der Waals surface area (Å²) >= 11 is 5.58. The van der Waals surface area contributed by atoms with Crippen LogP contribution in [0.3, 0.4) is 0 Å². The maximum atomic E-state index is 13.6. The Morgan fingerprint density at radius 2 is 1.79 bits per heavy atom. The Labute approximate surface area is 140 Å². The molecule has 24 heavy (non-hydrogen) atoms. The molecule has 0 saturated heterocycles. The Morgan fingerprint density at radius 1 is 1.12 bits per heavy atom. The largest absolute Gasteiger partial charge is 0.407 e. The highest BCUT2D eigenvalue weighted by molar-refractivity contribution is 6.30. The molecule has 0 aliphatic rings. The second kappa shape index (κ2) is 7.63. The van der Waals surface area contributed by atoms with E-state index in [1.807, 2.05) is 0 Å². The summed E-state index contributed by atoms with van der Waals surface area (Å²) in [6.07, 6.45) is -4.58. The Morgan fingerprint density at radius 3 is 2.38 bits per heavy atom. The van der Waals surface area contributed by atoms with Gasteiger partial charge in [-0.05, 0) is 23.8 Å². The Kier molecular flexibility index (Phi) is 5.80. The lowest BCUT2D eigenvalue weighted by molar-refractivity contribution is -0.158. The molecule has 0 saturated carbocycles. The predicted octanol–water partition coefficient (Wildman–Crippen LogP) is 4.31. The van der Waals surface area contributed by atoms with Crippen molar-refractivity contribution in [2.24, 2.45) is 0 Å². The lowest BCUT2D eigenvalue weighted by atomic mass is 10.1. The molecule has 1 atom stereocenters. The monoisotopic (exact) mass is 360 g/mol. The van der Waals surface area contributed by atoms with Crippen LogP contribution in [0.2, 0.25) is 5.02 Å². The highest BCUT2D eigenvalue weighted by atomic mass is 35.5. The van der Waals surface area contributed by atoms with Crippen LogP contribution in [0.1, 0.15) is 11.6 Å². The van der Waals surface area contributed by atoms with Gasteiger partial charge >= 0.3 is 6.18 Å². The summed E-state index contributed by atoms with van der Waals surface area (Å²) in [5.74, 6) is -1.58. The molecule has 8 heteroatoms. The zero-order chi connectivity index (χ0) is 17.7. The Balaban J connectivity index is 2.02. The van der Waals surface area contributed by atoms with E-state index in [-0.39, 0.29) is 16.3 Å². The van der Waals surface area contributed by atoms with Gasteiger partial charge in [0.1, 0.15) is 11.9 Å². The van der Waals surface area contributed by atoms with Crippen LogP contribution in [0.4, 0.5) is 23.2 Å². The van der Waals surface area contributed by atoms with Gasteiger partial charge in [0.05, 0.1) is 12.2 Å². The highest BCUT2D eigenvalue weighted by Crippen LogP contribution is 2.32. The summed E-state index contributed by atoms with van der Waals surface area (Å²) in [6, 6.07) is 8.73. The van der Waals surface area contributed by atoms with E-state index in [1.54, 1.807) is 6.07 Å². The van der Waals surface area contributed by atoms with Crippen molar-refractivity contribution in [3.8, 4) is 0 Å². The standard InChI is InChI=1S/C16H13ClF4N2O/c17-11-6-7-13(12(18)8-11)23-14(24)9-22-15(16(19,20)21)10-4-2-1-3-5-10/h1-8,15,22H,9H2,(H,23,24)/t15-/m0/s1. The van der Waals surface area contributed by atoms with Gasteiger partial charge in [0, 0.05) is 5.02 Å². The van der Waals surface area contributed by atoms with E-state index in [0.29, 0.717) is 0 Å². The minimum Gasteiger partial charge on any atom is -0.322 e. The number of nitrogens with one attached hydrogen (secondary N) is 2. The predicted molar refractivity (Wildman–Crippen MR) is 83.3 cm³/mol. The molecule has 2 rings (SSSR count). The summed E-state index contributed by atoms with van der Waals surface area (Å²) in [5.41, 5.74) is -0.176. The zero-order valence-corrected chi connectivity index (χ0v) is 13.0. The molecule has 2 N–H and O–H groups in total. The molecule has 2 aromatic rings. The number of alkyl halides is 3. The molecule has 3 nitrogen and oxygen atoms in total. The molecule has 2 aromatic carbocycles. The van der Waals surface area contributed by atoms with Crippen molar-refractivity contribution in [1.82, 2.24) is 5.32 Å². The minimum atomic E-state index is -4.58. The molecular weight excluding hydrogens is 348 g/mol. The number of anilines is 1. The first-order chi connectivity index (χ1) is 11.3. The van der Waals surface area contributed by atoms with Crippen molar-refractivity contribution < 1.29 is 22.4 Å². The SMILES string of the molecule is O=C(CN[C@@H](c1ccccc1)C(F)(F)F)Nc1ccc(Cl)cc1F. The van der Waals surface area contributed by atoms with Gasteiger partial charge in [-0.3, -0.25) is 10.1 Å². The fourth-order valence-corrected chi connectivity index (χ4v) is 2.21. The summed E-state index contributed by atoms with van der Waals surface area (Å²) in [5, 5.41) is 4.48. The average Bonchev–Trinajstić information content (AvgIpc) is 2.50. The van der Waals surface area contributed by atoms with E-state index in [2.05, 4.69) is 10.6 Å². The van der Waals surface area contributed by atoms with E-state index in [9.17, 15) is 22.4 Å². The second-order valence-electron chi connectivity index (χ2n) is 4.94. The van der Waals surface area contributed by atoms with Crippen LogP contribution in [-0.2, 0) is 4.79 Å². The zero-order valence-electron chi connectivity index (χ0n) is 12.2. The molecule has 0 heterocycles. The van der Waals surface area contributed by atoms with E-state index in [1.165, 1.54) is 36.4 Å². The quantitative estimate of drug-likeness (QED) is 0.780. The lowest BCUT2D eigenvalue weighted by Gasteiger charge is -2.22. The van der Waals surface area contributed by atoms with Crippen LogP contribution >= 0.6 is 11.6 Å². The number of benzene rings is 2. The molecule has 1 amide bonds. The topological polar surface area (TPSA) is 41.1 Å². The van der Waals surface area contributed by atoms with Crippen molar-refractivity contribution in [2.75, 3.05) is 11.9 Å². The molecule has 0 aliphatic carbocycles. The van der Waals surface area contributed by atoms with Crippen LogP contribution in [0.25, 0.3) is 0 Å². The summed E-state index contributed by atoms with van der Waals surface area (Å²) in [7, 11) is 0. The number of hydrogen-bond acceptors (Lipinski definition) is 2. The number of halogens is 5. The van der Waals surface area contributed by atoms with Gasteiger partial charge in [0.25, 0.3) is 0 Å². The van der Waals surface area contributed by atoms with Crippen LogP contribution in [0, 0.1) is 5.82 Å². The normalized spacial score (nSPS) is 12.7. The number of rotatable bonds is 5. The number of carbonyl (C=O) groups is 1. The van der Waals surface area contributed by atoms with Gasteiger partial charge in [0.2, 0.25) is 5.91 Å². The van der Waals surface area contributed by atoms with E-state index in [4.69, 9.17) is 11.6 Å². The van der Waals surface area contributed by atoms with Gasteiger partial charge in [-0.2, -0.15) is 13.2 Å². The molecule has 0 aliphatic heterocycles. The van der Waals surface area contributed by atoms with Crippen molar-refractivity contribution in [1.29, 1.82) is 0 Å². The van der Waals surface area contributed by atoms with Crippen molar-refractivity contribution in [3.63, 3.8) is 0 Å². The van der Waals surface area contributed by atoms with Gasteiger partial charge in [-0.1, -0.05) is 41.9 Å². The molecule has 0 unspecified atom stereocenters. The van der Waals surface area contributed by atoms with Crippen LogP contribution in [0.15, 0.2) is 48.5 Å². The van der Waals surface area contributed by atoms with E-state index in [0.717, 1.165) is 6.07 Å². The van der Waals surface area contributed by atoms with Gasteiger partial charge in [-0.15, -0.1) is 0 Å². The number of hydrogen-bond donors (Lipinski definition) is 2. The van der Waals surface area contributed by atoms with Crippen molar-refractivity contribution in [2.45, 2.75) is 12.2 Å². The van der Waals surface area contributed by atoms with Gasteiger partial charge < -0.3 is 5.32 Å². The molecule has 0 aromatic heterocycles. The van der Waals surface area contributed by atoms with Crippen LogP contribution in [-0.4, -0.2) is 18.6 Å². The first-order valence-electron chi connectivity index (χ1n) is 6.87. The van der Waals surface area contributed by atoms with Gasteiger partial charge in [0.15, 0.2) is 0 Å². The molecule has 128 valence electrons. The molecule has 0 spiro atoms. The van der Waals surface area contributed by atoms with Crippen LogP contribution < -0.4 is 10.6 Å². The lowest BCUT2D eigenvalue weighted by Crippen LogP contribution is -2.38. The highest BCUT2D eigenvalue weighted by Gasteiger charge is 2.40. The summed E-state index contributed by atoms with van der Waals surface area (Å²) < 4.78 is 52.9. The molecular formula is C16H13ClF4N2O. The second-order valence-corrected chi connectivity index (χ2v) is 5.37.